The van der Waals surface area contributed by atoms with Crippen molar-refractivity contribution in [1.82, 2.24) is 47.0 Å². The Morgan fingerprint density at radius 1 is 0.169 bits per heavy atom. The fraction of sp³-hybridized carbons (Fsp3) is 0. The molecule has 0 unspecified atom stereocenters. The summed E-state index contributed by atoms with van der Waals surface area (Å²) in [5.74, 6) is 1.55. The number of nitrogens with zero attached hydrogens (tertiary/aromatic N) is 10. The normalized spacial score (nSPS) is 12.6. The first-order valence-corrected chi connectivity index (χ1v) is 40.4. The molecule has 10 heteroatoms. The molecule has 10 nitrogen and oxygen atoms in total. The molecule has 0 spiro atoms. The number of para-hydroxylation sites is 10. The lowest BCUT2D eigenvalue weighted by atomic mass is 9.98. The number of aromatic nitrogens is 10. The number of benzene rings is 18. The fourth-order valence-electron chi connectivity index (χ4n) is 21.1. The van der Waals surface area contributed by atoms with Crippen LogP contribution in [0.4, 0.5) is 0 Å². The van der Waals surface area contributed by atoms with Gasteiger partial charge in [-0.2, -0.15) is 0 Å². The molecule has 542 valence electrons. The molecule has 0 amide bonds. The van der Waals surface area contributed by atoms with E-state index >= 15 is 0 Å². The third-order valence-electron chi connectivity index (χ3n) is 25.9. The SMILES string of the molecule is c1ccc(-n2c3ccc(-c4nc5ccccc5nc4-n4c5ccc6ccccc6c5c5cc6c7ccccc7n7c8ccccc8c(c54)c67)cc3c3ccc(-c4ccc5c(c4)c4cc6c7c8ccccc8ccc7n(-c7nc8ccccc8nc7-c7ccc8c9ccccc9n(-c9ccccc9)c8c7)c6c6c7ccccc7n5c46)cc32)cc1. The molecule has 0 atom stereocenters. The van der Waals surface area contributed by atoms with Gasteiger partial charge >= 0.3 is 0 Å². The van der Waals surface area contributed by atoms with Crippen molar-refractivity contribution >= 4 is 207 Å². The monoisotopic (exact) mass is 1500 g/mol. The van der Waals surface area contributed by atoms with Crippen LogP contribution in [-0.2, 0) is 0 Å². The number of rotatable bonds is 7. The number of hydrogen-bond acceptors (Lipinski definition) is 4. The van der Waals surface area contributed by atoms with E-state index in [1.165, 1.54) is 114 Å². The van der Waals surface area contributed by atoms with Crippen molar-refractivity contribution in [1.29, 1.82) is 0 Å². The topological polar surface area (TPSA) is 80.1 Å². The first-order chi connectivity index (χ1) is 58.6. The van der Waals surface area contributed by atoms with Gasteiger partial charge in [0.25, 0.3) is 0 Å². The van der Waals surface area contributed by atoms with Crippen molar-refractivity contribution in [3.8, 4) is 56.7 Å². The molecule has 0 N–H and O–H groups in total. The standard InChI is InChI=1S/C108H60N10/c1-3-25-67(26-4-1)113-87-39-19-11-31-71(87)73-50-44-66(58-96(73)113)102-108(112-86-38-18-16-36-84(86)110-102)118-94-54-46-62-24-8-10-30-70(62)98(94)82-60-80-78-55-63(47-51-92(78)116-90-42-22-14-34-76(90)100(104(80)116)106(82)118)64-43-49-74-77-56-65(48-52-91(77)114(95(74)57-64)68-27-5-2-6-28-68)101-107(111-85-37-17-15-35-83(85)109-101)117-93-53-45-61-23-7-9-29-69(61)97(93)81-59-79-72-32-12-20-40-88(72)115-89-41-21-13-33-75(89)99(103(79)115)105(81)117/h1-60H. The largest absolute Gasteiger partial charge is 0.309 e. The van der Waals surface area contributed by atoms with E-state index in [0.29, 0.717) is 0 Å². The van der Waals surface area contributed by atoms with Crippen LogP contribution in [0.3, 0.4) is 0 Å². The smallest absolute Gasteiger partial charge is 0.165 e. The predicted molar refractivity (Wildman–Crippen MR) is 491 cm³/mol. The van der Waals surface area contributed by atoms with Crippen LogP contribution in [0, 0.1) is 0 Å². The first kappa shape index (κ1) is 62.5. The van der Waals surface area contributed by atoms with Crippen LogP contribution in [0.2, 0.25) is 0 Å². The third kappa shape index (κ3) is 8.18. The zero-order chi connectivity index (χ0) is 76.4. The second-order valence-corrected chi connectivity index (χ2v) is 31.9. The van der Waals surface area contributed by atoms with Gasteiger partial charge < -0.3 is 17.9 Å². The highest BCUT2D eigenvalue weighted by atomic mass is 15.1. The number of fused-ring (bicyclic) bond motifs is 32. The molecule has 18 aromatic carbocycles. The molecular formula is C108H60N10. The highest BCUT2D eigenvalue weighted by molar-refractivity contribution is 6.39. The highest BCUT2D eigenvalue weighted by Gasteiger charge is 2.32. The summed E-state index contributed by atoms with van der Waals surface area (Å²) in [7, 11) is 0. The molecule has 0 aliphatic rings. The van der Waals surface area contributed by atoms with Gasteiger partial charge in [0.05, 0.1) is 99.3 Å². The molecule has 28 rings (SSSR count). The van der Waals surface area contributed by atoms with Gasteiger partial charge in [-0.15, -0.1) is 0 Å². The van der Waals surface area contributed by atoms with Crippen molar-refractivity contribution in [2.45, 2.75) is 0 Å². The zero-order valence-corrected chi connectivity index (χ0v) is 63.1. The van der Waals surface area contributed by atoms with Crippen molar-refractivity contribution in [3.05, 3.63) is 364 Å². The molecule has 28 aromatic rings. The van der Waals surface area contributed by atoms with Gasteiger partial charge in [0.1, 0.15) is 11.4 Å². The van der Waals surface area contributed by atoms with Crippen LogP contribution in [0.25, 0.3) is 264 Å². The zero-order valence-electron chi connectivity index (χ0n) is 63.1. The van der Waals surface area contributed by atoms with Crippen LogP contribution >= 0.6 is 0 Å². The Balaban J connectivity index is 0.665. The first-order valence-electron chi connectivity index (χ1n) is 40.4. The Morgan fingerprint density at radius 3 is 1.06 bits per heavy atom. The van der Waals surface area contributed by atoms with Crippen LogP contribution in [0.15, 0.2) is 364 Å². The quantitative estimate of drug-likeness (QED) is 0.159. The summed E-state index contributed by atoms with van der Waals surface area (Å²) in [5, 5.41) is 23.7. The summed E-state index contributed by atoms with van der Waals surface area (Å²) in [4.78, 5) is 23.1. The summed E-state index contributed by atoms with van der Waals surface area (Å²) < 4.78 is 14.8. The molecule has 0 saturated heterocycles. The van der Waals surface area contributed by atoms with Gasteiger partial charge in [-0.25, -0.2) is 19.9 Å². The second-order valence-electron chi connectivity index (χ2n) is 31.9. The van der Waals surface area contributed by atoms with E-state index in [1.807, 2.05) is 0 Å². The minimum absolute atomic E-state index is 0.771. The van der Waals surface area contributed by atoms with E-state index < -0.39 is 0 Å². The lowest BCUT2D eigenvalue weighted by Gasteiger charge is -2.15. The Kier molecular flexibility index (Phi) is 12.1. The van der Waals surface area contributed by atoms with E-state index in [2.05, 4.69) is 391 Å². The Morgan fingerprint density at radius 2 is 0.508 bits per heavy atom. The van der Waals surface area contributed by atoms with Crippen LogP contribution in [0.1, 0.15) is 0 Å². The molecule has 10 aromatic heterocycles. The van der Waals surface area contributed by atoms with Gasteiger partial charge in [-0.1, -0.05) is 231 Å². The molecule has 0 saturated carbocycles. The lowest BCUT2D eigenvalue weighted by Crippen LogP contribution is -2.04. The van der Waals surface area contributed by atoms with Crippen molar-refractivity contribution in [2.75, 3.05) is 0 Å². The molecule has 118 heavy (non-hydrogen) atoms. The minimum atomic E-state index is 0.771. The lowest BCUT2D eigenvalue weighted by molar-refractivity contribution is 1.08. The third-order valence-corrected chi connectivity index (χ3v) is 25.9. The molecule has 0 radical (unpaired) electrons. The van der Waals surface area contributed by atoms with Crippen molar-refractivity contribution in [3.63, 3.8) is 0 Å². The van der Waals surface area contributed by atoms with Crippen LogP contribution in [0.5, 0.6) is 0 Å². The van der Waals surface area contributed by atoms with E-state index in [4.69, 9.17) is 19.9 Å². The van der Waals surface area contributed by atoms with Gasteiger partial charge in [0.2, 0.25) is 0 Å². The summed E-state index contributed by atoms with van der Waals surface area (Å²) in [6, 6.07) is 134. The maximum absolute atomic E-state index is 5.83. The Hall–Kier alpha value is -16.0. The molecule has 0 fully saturated rings. The predicted octanol–water partition coefficient (Wildman–Crippen LogP) is 27.6. The van der Waals surface area contributed by atoms with Gasteiger partial charge in [0.15, 0.2) is 11.6 Å². The van der Waals surface area contributed by atoms with Crippen LogP contribution in [-0.4, -0.2) is 47.0 Å². The van der Waals surface area contributed by atoms with E-state index in [-0.39, 0.29) is 0 Å². The molecule has 0 aliphatic heterocycles. The van der Waals surface area contributed by atoms with E-state index in [1.54, 1.807) is 0 Å². The Bertz CT molecular complexity index is 9340. The minimum Gasteiger partial charge on any atom is -0.309 e. The van der Waals surface area contributed by atoms with Gasteiger partial charge in [0, 0.05) is 109 Å². The van der Waals surface area contributed by atoms with E-state index in [9.17, 15) is 0 Å². The molecule has 0 aliphatic carbocycles. The maximum Gasteiger partial charge on any atom is 0.165 e. The maximum atomic E-state index is 5.83. The summed E-state index contributed by atoms with van der Waals surface area (Å²) >= 11 is 0. The molecule has 10 heterocycles. The summed E-state index contributed by atoms with van der Waals surface area (Å²) in [6.07, 6.45) is 0. The summed E-state index contributed by atoms with van der Waals surface area (Å²) in [6.45, 7) is 0. The van der Waals surface area contributed by atoms with Gasteiger partial charge in [-0.3, -0.25) is 9.13 Å². The number of hydrogen-bond donors (Lipinski definition) is 0. The van der Waals surface area contributed by atoms with E-state index in [0.717, 1.165) is 150 Å². The fourth-order valence-corrected chi connectivity index (χ4v) is 21.1. The Labute approximate surface area is 670 Å². The van der Waals surface area contributed by atoms with Crippen LogP contribution < -0.4 is 0 Å². The molecule has 0 bridgehead atoms. The highest BCUT2D eigenvalue weighted by Crippen LogP contribution is 2.53. The van der Waals surface area contributed by atoms with Crippen molar-refractivity contribution in [2.24, 2.45) is 0 Å². The van der Waals surface area contributed by atoms with Gasteiger partial charge in [-0.05, 0) is 166 Å². The molecular weight excluding hydrogens is 1440 g/mol. The summed E-state index contributed by atoms with van der Waals surface area (Å²) in [5.41, 5.74) is 27.1. The average molecular weight is 1500 g/mol. The average Bonchev–Trinajstić information content (AvgIpc) is 1.51. The van der Waals surface area contributed by atoms with Crippen molar-refractivity contribution < 1.29 is 0 Å². The second kappa shape index (κ2) is 22.9.